The summed E-state index contributed by atoms with van der Waals surface area (Å²) in [5.74, 6) is 0.901. The number of fused-ring (bicyclic) bond motifs is 1. The summed E-state index contributed by atoms with van der Waals surface area (Å²) in [6.07, 6.45) is 0.867. The first-order valence-electron chi connectivity index (χ1n) is 6.29. The average Bonchev–Trinajstić information content (AvgIpc) is 2.81. The summed E-state index contributed by atoms with van der Waals surface area (Å²) in [7, 11) is 1.67. The van der Waals surface area contributed by atoms with E-state index >= 15 is 0 Å². The van der Waals surface area contributed by atoms with Crippen molar-refractivity contribution in [2.24, 2.45) is 0 Å². The first kappa shape index (κ1) is 11.8. The Morgan fingerprint density at radius 1 is 1.11 bits per heavy atom. The van der Waals surface area contributed by atoms with Gasteiger partial charge in [-0.15, -0.1) is 0 Å². The second kappa shape index (κ2) is 4.76. The second-order valence-electron chi connectivity index (χ2n) is 4.70. The molecule has 0 saturated heterocycles. The minimum absolute atomic E-state index is 0.0333. The van der Waals surface area contributed by atoms with Crippen molar-refractivity contribution in [3.05, 3.63) is 64.7 Å². The van der Waals surface area contributed by atoms with Gasteiger partial charge in [-0.05, 0) is 41.3 Å². The summed E-state index contributed by atoms with van der Waals surface area (Å²) in [5.41, 5.74) is 4.35. The number of ether oxygens (including phenoxy) is 1. The van der Waals surface area contributed by atoms with Crippen LogP contribution in [0.4, 0.5) is 0 Å². The first-order valence-corrected chi connectivity index (χ1v) is 6.29. The molecule has 1 aliphatic rings. The van der Waals surface area contributed by atoms with Crippen LogP contribution in [0.25, 0.3) is 0 Å². The van der Waals surface area contributed by atoms with Crippen LogP contribution in [0.1, 0.15) is 27.0 Å². The fourth-order valence-electron chi connectivity index (χ4n) is 2.37. The van der Waals surface area contributed by atoms with E-state index in [9.17, 15) is 4.79 Å². The highest BCUT2D eigenvalue weighted by Crippen LogP contribution is 2.20. The van der Waals surface area contributed by atoms with E-state index in [1.54, 1.807) is 7.11 Å². The molecule has 1 heterocycles. The van der Waals surface area contributed by atoms with Gasteiger partial charge in [0, 0.05) is 12.1 Å². The van der Waals surface area contributed by atoms with Crippen molar-refractivity contribution in [3.8, 4) is 5.75 Å². The smallest absolute Gasteiger partial charge is 0.251 e. The Morgan fingerprint density at radius 2 is 1.84 bits per heavy atom. The SMILES string of the molecule is COc1ccc(Cc2ccc3c(c2)CNC3=O)cc1. The normalized spacial score (nSPS) is 13.0. The summed E-state index contributed by atoms with van der Waals surface area (Å²) in [6, 6.07) is 14.1. The standard InChI is InChI=1S/C16H15NO2/c1-19-14-5-2-11(3-6-14)8-12-4-7-15-13(9-12)10-17-16(15)18/h2-7,9H,8,10H2,1H3,(H,17,18). The molecule has 0 bridgehead atoms. The average molecular weight is 253 g/mol. The van der Waals surface area contributed by atoms with E-state index < -0.39 is 0 Å². The zero-order chi connectivity index (χ0) is 13.2. The summed E-state index contributed by atoms with van der Waals surface area (Å²) in [6.45, 7) is 0.643. The third kappa shape index (κ3) is 2.32. The number of amides is 1. The Balaban J connectivity index is 1.81. The number of carbonyl (C=O) groups excluding carboxylic acids is 1. The van der Waals surface area contributed by atoms with Gasteiger partial charge < -0.3 is 10.1 Å². The minimum atomic E-state index is 0.0333. The summed E-state index contributed by atoms with van der Waals surface area (Å²) in [5, 5.41) is 2.84. The molecule has 0 atom stereocenters. The molecular formula is C16H15NO2. The van der Waals surface area contributed by atoms with E-state index in [4.69, 9.17) is 4.74 Å². The van der Waals surface area contributed by atoms with Gasteiger partial charge in [0.15, 0.2) is 0 Å². The molecule has 3 heteroatoms. The van der Waals surface area contributed by atoms with E-state index in [1.807, 2.05) is 24.3 Å². The molecule has 96 valence electrons. The lowest BCUT2D eigenvalue weighted by molar-refractivity contribution is 0.0966. The van der Waals surface area contributed by atoms with Gasteiger partial charge in [0.05, 0.1) is 7.11 Å². The number of methoxy groups -OCH3 is 1. The topological polar surface area (TPSA) is 38.3 Å². The van der Waals surface area contributed by atoms with Crippen LogP contribution in [0.5, 0.6) is 5.75 Å². The van der Waals surface area contributed by atoms with Gasteiger partial charge in [0.2, 0.25) is 0 Å². The molecule has 19 heavy (non-hydrogen) atoms. The van der Waals surface area contributed by atoms with Gasteiger partial charge in [-0.2, -0.15) is 0 Å². The van der Waals surface area contributed by atoms with E-state index in [0.29, 0.717) is 6.54 Å². The molecule has 0 spiro atoms. The molecule has 0 fully saturated rings. The van der Waals surface area contributed by atoms with Crippen LogP contribution in [0.2, 0.25) is 0 Å². The molecule has 0 saturated carbocycles. The van der Waals surface area contributed by atoms with Crippen LogP contribution in [-0.2, 0) is 13.0 Å². The molecule has 1 N–H and O–H groups in total. The number of hydrogen-bond donors (Lipinski definition) is 1. The van der Waals surface area contributed by atoms with Gasteiger partial charge >= 0.3 is 0 Å². The lowest BCUT2D eigenvalue weighted by Crippen LogP contribution is -2.12. The van der Waals surface area contributed by atoms with E-state index in [2.05, 4.69) is 23.5 Å². The van der Waals surface area contributed by atoms with E-state index in [-0.39, 0.29) is 5.91 Å². The Labute approximate surface area is 112 Å². The van der Waals surface area contributed by atoms with E-state index in [0.717, 1.165) is 23.3 Å². The van der Waals surface area contributed by atoms with Gasteiger partial charge in [-0.25, -0.2) is 0 Å². The highest BCUT2D eigenvalue weighted by atomic mass is 16.5. The molecule has 2 aromatic rings. The largest absolute Gasteiger partial charge is 0.497 e. The van der Waals surface area contributed by atoms with Crippen LogP contribution in [-0.4, -0.2) is 13.0 Å². The van der Waals surface area contributed by atoms with Crippen molar-refractivity contribution in [1.82, 2.24) is 5.32 Å². The highest BCUT2D eigenvalue weighted by Gasteiger charge is 2.18. The predicted molar refractivity (Wildman–Crippen MR) is 73.4 cm³/mol. The Morgan fingerprint density at radius 3 is 2.58 bits per heavy atom. The molecule has 1 aliphatic heterocycles. The number of benzene rings is 2. The molecule has 0 radical (unpaired) electrons. The summed E-state index contributed by atoms with van der Waals surface area (Å²) < 4.78 is 5.15. The molecular weight excluding hydrogens is 238 g/mol. The van der Waals surface area contributed by atoms with Crippen molar-refractivity contribution in [2.45, 2.75) is 13.0 Å². The van der Waals surface area contributed by atoms with Crippen LogP contribution < -0.4 is 10.1 Å². The van der Waals surface area contributed by atoms with Crippen molar-refractivity contribution in [1.29, 1.82) is 0 Å². The molecule has 1 amide bonds. The number of rotatable bonds is 3. The zero-order valence-electron chi connectivity index (χ0n) is 10.8. The molecule has 3 nitrogen and oxygen atoms in total. The molecule has 0 unspecified atom stereocenters. The van der Waals surface area contributed by atoms with Crippen LogP contribution in [0, 0.1) is 0 Å². The fraction of sp³-hybridized carbons (Fsp3) is 0.188. The Hall–Kier alpha value is -2.29. The quantitative estimate of drug-likeness (QED) is 0.912. The third-order valence-corrected chi connectivity index (χ3v) is 3.42. The maximum Gasteiger partial charge on any atom is 0.251 e. The van der Waals surface area contributed by atoms with Gasteiger partial charge in [0.25, 0.3) is 5.91 Å². The van der Waals surface area contributed by atoms with Gasteiger partial charge in [-0.3, -0.25) is 4.79 Å². The number of hydrogen-bond acceptors (Lipinski definition) is 2. The lowest BCUT2D eigenvalue weighted by Gasteiger charge is -2.05. The molecule has 3 rings (SSSR count). The highest BCUT2D eigenvalue weighted by molar-refractivity contribution is 5.98. The Kier molecular flexibility index (Phi) is 2.95. The van der Waals surface area contributed by atoms with Crippen LogP contribution in [0.3, 0.4) is 0 Å². The third-order valence-electron chi connectivity index (χ3n) is 3.42. The monoisotopic (exact) mass is 253 g/mol. The maximum atomic E-state index is 11.5. The van der Waals surface area contributed by atoms with Crippen molar-refractivity contribution in [2.75, 3.05) is 7.11 Å². The maximum absolute atomic E-state index is 11.5. The van der Waals surface area contributed by atoms with Crippen LogP contribution >= 0.6 is 0 Å². The second-order valence-corrected chi connectivity index (χ2v) is 4.70. The lowest BCUT2D eigenvalue weighted by atomic mass is 10.0. The summed E-state index contributed by atoms with van der Waals surface area (Å²) >= 11 is 0. The predicted octanol–water partition coefficient (Wildman–Crippen LogP) is 2.53. The van der Waals surface area contributed by atoms with Crippen molar-refractivity contribution >= 4 is 5.91 Å². The van der Waals surface area contributed by atoms with Crippen molar-refractivity contribution in [3.63, 3.8) is 0 Å². The van der Waals surface area contributed by atoms with Gasteiger partial charge in [-0.1, -0.05) is 24.3 Å². The molecule has 2 aromatic carbocycles. The summed E-state index contributed by atoms with van der Waals surface area (Å²) in [4.78, 5) is 11.5. The van der Waals surface area contributed by atoms with Crippen LogP contribution in [0.15, 0.2) is 42.5 Å². The first-order chi connectivity index (χ1) is 9.26. The molecule has 0 aromatic heterocycles. The number of carbonyl (C=O) groups is 1. The van der Waals surface area contributed by atoms with Crippen molar-refractivity contribution < 1.29 is 9.53 Å². The van der Waals surface area contributed by atoms with E-state index in [1.165, 1.54) is 11.1 Å². The number of nitrogens with one attached hydrogen (secondary N) is 1. The fourth-order valence-corrected chi connectivity index (χ4v) is 2.37. The zero-order valence-corrected chi connectivity index (χ0v) is 10.8. The Bertz CT molecular complexity index is 617. The molecule has 0 aliphatic carbocycles. The van der Waals surface area contributed by atoms with Gasteiger partial charge in [0.1, 0.15) is 5.75 Å². The minimum Gasteiger partial charge on any atom is -0.497 e.